The molecule has 0 spiro atoms. The zero-order chi connectivity index (χ0) is 21.2. The second-order valence-electron chi connectivity index (χ2n) is 7.32. The van der Waals surface area contributed by atoms with Crippen molar-refractivity contribution in [3.05, 3.63) is 47.1 Å². The number of carbonyl (C=O) groups is 3. The van der Waals surface area contributed by atoms with Crippen LogP contribution in [0.1, 0.15) is 66.5 Å². The molecule has 0 bridgehead atoms. The van der Waals surface area contributed by atoms with E-state index in [0.29, 0.717) is 6.42 Å². The summed E-state index contributed by atoms with van der Waals surface area (Å²) in [5.41, 5.74) is -1.94. The highest BCUT2D eigenvalue weighted by Crippen LogP contribution is 2.40. The third kappa shape index (κ3) is 4.48. The number of ketones is 2. The summed E-state index contributed by atoms with van der Waals surface area (Å²) in [4.78, 5) is 36.5. The van der Waals surface area contributed by atoms with E-state index in [1.807, 2.05) is 6.92 Å². The van der Waals surface area contributed by atoms with Crippen molar-refractivity contribution >= 4 is 17.5 Å². The number of hydrogen-bond donors (Lipinski definition) is 3. The number of phenols is 2. The van der Waals surface area contributed by atoms with E-state index in [9.17, 15) is 29.7 Å². The Labute approximate surface area is 163 Å². The first-order valence-corrected chi connectivity index (χ1v) is 8.94. The second kappa shape index (κ2) is 7.98. The van der Waals surface area contributed by atoms with E-state index in [-0.39, 0.29) is 16.7 Å². The van der Waals surface area contributed by atoms with Gasteiger partial charge >= 0.3 is 5.97 Å². The molecule has 7 nitrogen and oxygen atoms in total. The molecule has 0 aliphatic heterocycles. The smallest absolute Gasteiger partial charge is 0.309 e. The monoisotopic (exact) mass is 388 g/mol. The lowest BCUT2D eigenvalue weighted by molar-refractivity contribution is -0.151. The predicted molar refractivity (Wildman–Crippen MR) is 101 cm³/mol. The van der Waals surface area contributed by atoms with Gasteiger partial charge in [0.05, 0.1) is 22.6 Å². The molecular weight excluding hydrogens is 364 g/mol. The average molecular weight is 388 g/mol. The first kappa shape index (κ1) is 21.4. The van der Waals surface area contributed by atoms with Gasteiger partial charge in [0.25, 0.3) is 0 Å². The van der Waals surface area contributed by atoms with Crippen LogP contribution in [0.4, 0.5) is 0 Å². The lowest BCUT2D eigenvalue weighted by Gasteiger charge is -2.22. The topological polar surface area (TPSA) is 121 Å². The summed E-state index contributed by atoms with van der Waals surface area (Å²) >= 11 is 0. The molecule has 0 amide bonds. The van der Waals surface area contributed by atoms with E-state index in [0.717, 1.165) is 18.2 Å². The molecule has 0 heterocycles. The quantitative estimate of drug-likeness (QED) is 0.389. The number of aliphatic hydroxyl groups is 1. The van der Waals surface area contributed by atoms with Crippen LogP contribution in [0.5, 0.6) is 11.5 Å². The second-order valence-corrected chi connectivity index (χ2v) is 7.32. The number of allylic oxidation sites excluding steroid dienone is 2. The predicted octanol–water partition coefficient (Wildman–Crippen LogP) is 2.99. The van der Waals surface area contributed by atoms with Gasteiger partial charge in [-0.25, -0.2) is 0 Å². The molecule has 3 N–H and O–H groups in total. The molecule has 2 rings (SSSR count). The van der Waals surface area contributed by atoms with E-state index >= 15 is 0 Å². The van der Waals surface area contributed by atoms with Crippen LogP contribution in [0.25, 0.3) is 0 Å². The van der Waals surface area contributed by atoms with Crippen molar-refractivity contribution in [1.29, 1.82) is 0 Å². The summed E-state index contributed by atoms with van der Waals surface area (Å²) in [7, 11) is 0. The molecule has 1 aromatic carbocycles. The van der Waals surface area contributed by atoms with Crippen molar-refractivity contribution in [3.8, 4) is 11.5 Å². The first-order valence-electron chi connectivity index (χ1n) is 8.94. The van der Waals surface area contributed by atoms with Crippen molar-refractivity contribution in [2.24, 2.45) is 5.92 Å². The van der Waals surface area contributed by atoms with Crippen LogP contribution in [0, 0.1) is 5.92 Å². The lowest BCUT2D eigenvalue weighted by Crippen LogP contribution is -2.20. The van der Waals surface area contributed by atoms with E-state index in [2.05, 4.69) is 0 Å². The van der Waals surface area contributed by atoms with Crippen LogP contribution in [0.15, 0.2) is 30.4 Å². The van der Waals surface area contributed by atoms with Gasteiger partial charge in [-0.2, -0.15) is 0 Å². The summed E-state index contributed by atoms with van der Waals surface area (Å²) in [6, 6.07) is 1.09. The van der Waals surface area contributed by atoms with Crippen molar-refractivity contribution in [2.75, 3.05) is 0 Å². The summed E-state index contributed by atoms with van der Waals surface area (Å²) in [6.07, 6.45) is 4.08. The minimum Gasteiger partial charge on any atom is -0.507 e. The molecule has 2 atom stereocenters. The average Bonchev–Trinajstić information content (AvgIpc) is 2.61. The van der Waals surface area contributed by atoms with Gasteiger partial charge in [-0.1, -0.05) is 19.9 Å². The largest absolute Gasteiger partial charge is 0.507 e. The Morgan fingerprint density at radius 1 is 1.18 bits per heavy atom. The highest BCUT2D eigenvalue weighted by molar-refractivity contribution is 6.24. The van der Waals surface area contributed by atoms with Gasteiger partial charge < -0.3 is 20.1 Å². The van der Waals surface area contributed by atoms with Crippen molar-refractivity contribution in [3.63, 3.8) is 0 Å². The zero-order valence-electron chi connectivity index (χ0n) is 16.2. The van der Waals surface area contributed by atoms with E-state index in [1.54, 1.807) is 6.92 Å². The fourth-order valence-corrected chi connectivity index (χ4v) is 2.64. The van der Waals surface area contributed by atoms with E-state index in [4.69, 9.17) is 4.74 Å². The Kier molecular flexibility index (Phi) is 6.09. The number of esters is 1. The zero-order valence-corrected chi connectivity index (χ0v) is 16.2. The van der Waals surface area contributed by atoms with Gasteiger partial charge in [0.1, 0.15) is 17.6 Å². The van der Waals surface area contributed by atoms with Gasteiger partial charge in [-0.15, -0.1) is 0 Å². The summed E-state index contributed by atoms with van der Waals surface area (Å²) in [6.45, 7) is 6.51. The molecule has 1 aliphatic rings. The van der Waals surface area contributed by atoms with Crippen molar-refractivity contribution < 1.29 is 34.4 Å². The third-order valence-electron chi connectivity index (χ3n) is 4.43. The van der Waals surface area contributed by atoms with Crippen LogP contribution < -0.4 is 0 Å². The lowest BCUT2D eigenvalue weighted by atomic mass is 9.89. The van der Waals surface area contributed by atoms with E-state index < -0.39 is 46.7 Å². The summed E-state index contributed by atoms with van der Waals surface area (Å²) in [5.74, 6) is -3.30. The van der Waals surface area contributed by atoms with Gasteiger partial charge in [0.2, 0.25) is 0 Å². The first-order chi connectivity index (χ1) is 13.0. The van der Waals surface area contributed by atoms with Crippen molar-refractivity contribution in [1.82, 2.24) is 0 Å². The Morgan fingerprint density at radius 3 is 2.29 bits per heavy atom. The number of carbonyl (C=O) groups excluding carboxylic acids is 3. The molecule has 0 aromatic heterocycles. The molecule has 1 aliphatic carbocycles. The van der Waals surface area contributed by atoms with Crippen LogP contribution >= 0.6 is 0 Å². The molecule has 0 saturated heterocycles. The highest BCUT2D eigenvalue weighted by Gasteiger charge is 2.31. The maximum Gasteiger partial charge on any atom is 0.309 e. The minimum absolute atomic E-state index is 0.0650. The van der Waals surface area contributed by atoms with Crippen LogP contribution in [0.2, 0.25) is 0 Å². The van der Waals surface area contributed by atoms with Gasteiger partial charge in [0.15, 0.2) is 11.6 Å². The number of aromatic hydroxyl groups is 2. The molecule has 150 valence electrons. The molecule has 0 saturated carbocycles. The fourth-order valence-electron chi connectivity index (χ4n) is 2.64. The summed E-state index contributed by atoms with van der Waals surface area (Å²) in [5, 5.41) is 30.9. The molecule has 7 heteroatoms. The third-order valence-corrected chi connectivity index (χ3v) is 4.43. The van der Waals surface area contributed by atoms with Gasteiger partial charge in [-0.3, -0.25) is 14.4 Å². The fraction of sp³-hybridized carbons (Fsp3) is 0.381. The molecular formula is C21H24O7. The van der Waals surface area contributed by atoms with Crippen LogP contribution in [-0.4, -0.2) is 38.5 Å². The highest BCUT2D eigenvalue weighted by atomic mass is 16.5. The maximum atomic E-state index is 12.3. The molecule has 28 heavy (non-hydrogen) atoms. The normalized spacial score (nSPS) is 16.2. The van der Waals surface area contributed by atoms with Gasteiger partial charge in [0, 0.05) is 5.56 Å². The molecule has 1 aromatic rings. The number of phenolic OH excluding ortho intramolecular Hbond substituents is 2. The Morgan fingerprint density at radius 2 is 1.75 bits per heavy atom. The Hall–Kier alpha value is -2.93. The number of benzene rings is 1. The summed E-state index contributed by atoms with van der Waals surface area (Å²) < 4.78 is 5.45. The molecule has 0 fully saturated rings. The maximum absolute atomic E-state index is 12.3. The van der Waals surface area contributed by atoms with Gasteiger partial charge in [-0.05, 0) is 44.6 Å². The molecule has 0 radical (unpaired) electrons. The number of rotatable bonds is 6. The SMILES string of the molecule is CC[C@H](C)C(=O)O[C@H](C=CC(C)(C)O)c1cc(O)c2c(c1O)C(=O)C=CC2=O. The van der Waals surface area contributed by atoms with Crippen LogP contribution in [-0.2, 0) is 9.53 Å². The number of hydrogen-bond acceptors (Lipinski definition) is 7. The van der Waals surface area contributed by atoms with Crippen LogP contribution in [0.3, 0.4) is 0 Å². The Bertz CT molecular complexity index is 872. The standard InChI is InChI=1S/C21H24O7/c1-5-11(2)20(26)28-16(8-9-21(3,4)27)12-10-15(24)17-13(22)6-7-14(23)18(17)19(12)25/h6-11,16,24-25,27H,5H2,1-4H3/t11-,16+/m0/s1. The van der Waals surface area contributed by atoms with Crippen molar-refractivity contribution in [2.45, 2.75) is 45.8 Å². The van der Waals surface area contributed by atoms with E-state index in [1.165, 1.54) is 26.0 Å². The number of fused-ring (bicyclic) bond motifs is 1. The Balaban J connectivity index is 2.60. The molecule has 0 unspecified atom stereocenters. The minimum atomic E-state index is -1.23. The number of ether oxygens (including phenoxy) is 1.